The zero-order valence-electron chi connectivity index (χ0n) is 19.4. The molecule has 1 aromatic heterocycles. The summed E-state index contributed by atoms with van der Waals surface area (Å²) in [5.74, 6) is 0.197. The first-order valence-electron chi connectivity index (χ1n) is 11.7. The van der Waals surface area contributed by atoms with Crippen LogP contribution in [0.1, 0.15) is 46.6 Å². The number of ether oxygens (including phenoxy) is 1. The highest BCUT2D eigenvalue weighted by Gasteiger charge is 2.29. The van der Waals surface area contributed by atoms with Gasteiger partial charge in [-0.05, 0) is 55.4 Å². The predicted octanol–water partition coefficient (Wildman–Crippen LogP) is 4.46. The van der Waals surface area contributed by atoms with E-state index in [4.69, 9.17) is 16.3 Å². The Kier molecular flexibility index (Phi) is 8.07. The maximum absolute atomic E-state index is 12.9. The summed E-state index contributed by atoms with van der Waals surface area (Å²) in [5, 5.41) is 4.44. The van der Waals surface area contributed by atoms with E-state index >= 15 is 0 Å². The van der Waals surface area contributed by atoms with Crippen molar-refractivity contribution in [2.24, 2.45) is 5.92 Å². The molecule has 1 aliphatic carbocycles. The van der Waals surface area contributed by atoms with Gasteiger partial charge in [-0.15, -0.1) is 11.3 Å². The molecular weight excluding hydrogens is 458 g/mol. The SMILES string of the molecule is CCOC(=O)c1c(NC(=O)CN2CCN(Cc3cccc(Cl)c3)CC2)sc2c1CCC(C)C2. The third-order valence-electron chi connectivity index (χ3n) is 6.37. The molecule has 1 amide bonds. The van der Waals surface area contributed by atoms with E-state index in [0.29, 0.717) is 29.6 Å². The summed E-state index contributed by atoms with van der Waals surface area (Å²) >= 11 is 7.64. The lowest BCUT2D eigenvalue weighted by molar-refractivity contribution is -0.117. The first-order chi connectivity index (χ1) is 15.9. The molecule has 1 aliphatic heterocycles. The van der Waals surface area contributed by atoms with E-state index in [1.54, 1.807) is 11.3 Å². The molecule has 6 nitrogen and oxygen atoms in total. The van der Waals surface area contributed by atoms with Gasteiger partial charge < -0.3 is 10.1 Å². The van der Waals surface area contributed by atoms with E-state index in [9.17, 15) is 9.59 Å². The molecule has 1 fully saturated rings. The van der Waals surface area contributed by atoms with Gasteiger partial charge in [-0.25, -0.2) is 4.79 Å². The normalized spacial score (nSPS) is 19.2. The molecule has 2 aromatic rings. The lowest BCUT2D eigenvalue weighted by Gasteiger charge is -2.34. The minimum absolute atomic E-state index is 0.0736. The van der Waals surface area contributed by atoms with Gasteiger partial charge in [0.05, 0.1) is 18.7 Å². The van der Waals surface area contributed by atoms with Gasteiger partial charge in [-0.1, -0.05) is 30.7 Å². The molecule has 1 atom stereocenters. The summed E-state index contributed by atoms with van der Waals surface area (Å²) in [5.41, 5.74) is 2.85. The number of thiophene rings is 1. The summed E-state index contributed by atoms with van der Waals surface area (Å²) in [4.78, 5) is 31.3. The fourth-order valence-corrected chi connectivity index (χ4v) is 6.25. The number of anilines is 1. The first kappa shape index (κ1) is 24.2. The summed E-state index contributed by atoms with van der Waals surface area (Å²) in [7, 11) is 0. The van der Waals surface area contributed by atoms with Gasteiger partial charge in [0, 0.05) is 42.6 Å². The molecule has 178 valence electrons. The predicted molar refractivity (Wildman–Crippen MR) is 133 cm³/mol. The highest BCUT2D eigenvalue weighted by molar-refractivity contribution is 7.17. The van der Waals surface area contributed by atoms with Crippen molar-refractivity contribution in [1.29, 1.82) is 0 Å². The van der Waals surface area contributed by atoms with Crippen LogP contribution in [-0.2, 0) is 28.9 Å². The molecule has 1 aromatic carbocycles. The quantitative estimate of drug-likeness (QED) is 0.582. The highest BCUT2D eigenvalue weighted by atomic mass is 35.5. The van der Waals surface area contributed by atoms with Crippen molar-refractivity contribution in [2.75, 3.05) is 44.6 Å². The van der Waals surface area contributed by atoms with Gasteiger partial charge in [-0.3, -0.25) is 14.6 Å². The van der Waals surface area contributed by atoms with E-state index in [-0.39, 0.29) is 11.9 Å². The molecule has 0 radical (unpaired) electrons. The minimum atomic E-state index is -0.325. The van der Waals surface area contributed by atoms with Crippen molar-refractivity contribution < 1.29 is 14.3 Å². The lowest BCUT2D eigenvalue weighted by atomic mass is 9.88. The van der Waals surface area contributed by atoms with Crippen molar-refractivity contribution in [2.45, 2.75) is 39.7 Å². The number of nitrogens with zero attached hydrogens (tertiary/aromatic N) is 2. The Morgan fingerprint density at radius 2 is 1.97 bits per heavy atom. The Hall–Kier alpha value is -1.93. The molecule has 2 aliphatic rings. The van der Waals surface area contributed by atoms with Crippen LogP contribution >= 0.6 is 22.9 Å². The van der Waals surface area contributed by atoms with Crippen LogP contribution in [0, 0.1) is 5.92 Å². The minimum Gasteiger partial charge on any atom is -0.462 e. The van der Waals surface area contributed by atoms with Gasteiger partial charge in [-0.2, -0.15) is 0 Å². The van der Waals surface area contributed by atoms with Crippen LogP contribution in [-0.4, -0.2) is 61.0 Å². The summed E-state index contributed by atoms with van der Waals surface area (Å²) < 4.78 is 5.31. The average molecular weight is 490 g/mol. The number of piperazine rings is 1. The van der Waals surface area contributed by atoms with Crippen LogP contribution in [0.15, 0.2) is 24.3 Å². The number of benzene rings is 1. The van der Waals surface area contributed by atoms with Crippen LogP contribution in [0.2, 0.25) is 5.02 Å². The standard InChI is InChI=1S/C25H32ClN3O3S/c1-3-32-25(31)23-20-8-7-17(2)13-21(20)33-24(23)27-22(30)16-29-11-9-28(10-12-29)15-18-5-4-6-19(26)14-18/h4-6,14,17H,3,7-13,15-16H2,1-2H3,(H,27,30). The largest absolute Gasteiger partial charge is 0.462 e. The van der Waals surface area contributed by atoms with Gasteiger partial charge in [0.2, 0.25) is 5.91 Å². The number of amides is 1. The van der Waals surface area contributed by atoms with E-state index in [2.05, 4.69) is 28.1 Å². The molecule has 0 bridgehead atoms. The van der Waals surface area contributed by atoms with Crippen molar-refractivity contribution in [1.82, 2.24) is 9.80 Å². The Labute approximate surface area is 204 Å². The van der Waals surface area contributed by atoms with Crippen molar-refractivity contribution >= 4 is 39.8 Å². The molecule has 0 spiro atoms. The zero-order valence-corrected chi connectivity index (χ0v) is 20.9. The molecule has 1 N–H and O–H groups in total. The first-order valence-corrected chi connectivity index (χ1v) is 12.9. The Bertz CT molecular complexity index is 1000. The number of rotatable bonds is 7. The average Bonchev–Trinajstić information content (AvgIpc) is 3.12. The van der Waals surface area contributed by atoms with E-state index in [1.165, 1.54) is 10.4 Å². The highest BCUT2D eigenvalue weighted by Crippen LogP contribution is 2.40. The second-order valence-electron chi connectivity index (χ2n) is 9.01. The number of carbonyl (C=O) groups is 2. The van der Waals surface area contributed by atoms with E-state index in [0.717, 1.165) is 62.6 Å². The number of fused-ring (bicyclic) bond motifs is 1. The van der Waals surface area contributed by atoms with E-state index in [1.807, 2.05) is 25.1 Å². The third-order valence-corrected chi connectivity index (χ3v) is 7.78. The van der Waals surface area contributed by atoms with Crippen LogP contribution < -0.4 is 5.32 Å². The fourth-order valence-electron chi connectivity index (χ4n) is 4.63. The summed E-state index contributed by atoms with van der Waals surface area (Å²) in [6.45, 7) is 9.02. The van der Waals surface area contributed by atoms with Gasteiger partial charge >= 0.3 is 5.97 Å². The molecule has 2 heterocycles. The number of esters is 1. The van der Waals surface area contributed by atoms with Crippen LogP contribution in [0.3, 0.4) is 0 Å². The monoisotopic (exact) mass is 489 g/mol. The topological polar surface area (TPSA) is 61.9 Å². The summed E-state index contributed by atoms with van der Waals surface area (Å²) in [6, 6.07) is 7.96. The number of carbonyl (C=O) groups excluding carboxylic acids is 2. The van der Waals surface area contributed by atoms with Gasteiger partial charge in [0.1, 0.15) is 5.00 Å². The Balaban J connectivity index is 1.34. The van der Waals surface area contributed by atoms with Crippen LogP contribution in [0.4, 0.5) is 5.00 Å². The van der Waals surface area contributed by atoms with Crippen LogP contribution in [0.5, 0.6) is 0 Å². The molecule has 1 saturated heterocycles. The fraction of sp³-hybridized carbons (Fsp3) is 0.520. The zero-order chi connectivity index (χ0) is 23.4. The molecule has 0 saturated carbocycles. The molecule has 8 heteroatoms. The maximum atomic E-state index is 12.9. The van der Waals surface area contributed by atoms with Crippen LogP contribution in [0.25, 0.3) is 0 Å². The Morgan fingerprint density at radius 3 is 2.70 bits per heavy atom. The van der Waals surface area contributed by atoms with Crippen molar-refractivity contribution in [3.63, 3.8) is 0 Å². The molecule has 1 unspecified atom stereocenters. The lowest BCUT2D eigenvalue weighted by Crippen LogP contribution is -2.48. The number of halogens is 1. The van der Waals surface area contributed by atoms with Gasteiger partial charge in [0.15, 0.2) is 0 Å². The number of nitrogens with one attached hydrogen (secondary N) is 1. The van der Waals surface area contributed by atoms with E-state index < -0.39 is 0 Å². The smallest absolute Gasteiger partial charge is 0.341 e. The number of hydrogen-bond acceptors (Lipinski definition) is 6. The second-order valence-corrected chi connectivity index (χ2v) is 10.5. The Morgan fingerprint density at radius 1 is 1.21 bits per heavy atom. The molecular formula is C25H32ClN3O3S. The van der Waals surface area contributed by atoms with Crippen molar-refractivity contribution in [3.05, 3.63) is 50.9 Å². The molecule has 4 rings (SSSR count). The van der Waals surface area contributed by atoms with Crippen molar-refractivity contribution in [3.8, 4) is 0 Å². The van der Waals surface area contributed by atoms with Gasteiger partial charge in [0.25, 0.3) is 0 Å². The molecule has 33 heavy (non-hydrogen) atoms. The third kappa shape index (κ3) is 6.15. The maximum Gasteiger partial charge on any atom is 0.341 e. The second kappa shape index (κ2) is 11.0. The number of hydrogen-bond donors (Lipinski definition) is 1. The summed E-state index contributed by atoms with van der Waals surface area (Å²) in [6.07, 6.45) is 2.88.